The van der Waals surface area contributed by atoms with Gasteiger partial charge in [-0.3, -0.25) is 0 Å². The molecule has 2 atom stereocenters. The van der Waals surface area contributed by atoms with E-state index in [1.165, 1.54) is 77.3 Å². The Kier molecular flexibility index (Phi) is 4.81. The first-order chi connectivity index (χ1) is 9.33. The number of nitrogens with one attached hydrogen (secondary N) is 1. The van der Waals surface area contributed by atoms with Gasteiger partial charge in [0.1, 0.15) is 0 Å². The molecule has 2 unspecified atom stereocenters. The van der Waals surface area contributed by atoms with Crippen molar-refractivity contribution in [3.8, 4) is 0 Å². The third-order valence-corrected chi connectivity index (χ3v) is 5.85. The molecular formula is C17H32N2. The van der Waals surface area contributed by atoms with Crippen molar-refractivity contribution in [1.82, 2.24) is 10.2 Å². The van der Waals surface area contributed by atoms with Gasteiger partial charge >= 0.3 is 0 Å². The lowest BCUT2D eigenvalue weighted by Gasteiger charge is -2.31. The molecule has 2 heteroatoms. The molecule has 3 aliphatic carbocycles. The SMILES string of the molecule is CN(CCNC1CCCC(C2CC2)C1)C1CCCC1. The van der Waals surface area contributed by atoms with Crippen LogP contribution in [0.15, 0.2) is 0 Å². The molecule has 0 aromatic heterocycles. The number of hydrogen-bond donors (Lipinski definition) is 1. The largest absolute Gasteiger partial charge is 0.313 e. The van der Waals surface area contributed by atoms with Crippen LogP contribution in [0.25, 0.3) is 0 Å². The van der Waals surface area contributed by atoms with Gasteiger partial charge in [-0.25, -0.2) is 0 Å². The first kappa shape index (κ1) is 13.9. The van der Waals surface area contributed by atoms with E-state index < -0.39 is 0 Å². The Balaban J connectivity index is 1.32. The Morgan fingerprint density at radius 3 is 2.42 bits per heavy atom. The molecule has 3 saturated carbocycles. The third kappa shape index (κ3) is 3.95. The molecule has 0 aliphatic heterocycles. The zero-order chi connectivity index (χ0) is 13.1. The fraction of sp³-hybridized carbons (Fsp3) is 1.00. The summed E-state index contributed by atoms with van der Waals surface area (Å²) in [5.74, 6) is 2.18. The molecule has 3 aliphatic rings. The number of hydrogen-bond acceptors (Lipinski definition) is 2. The molecule has 19 heavy (non-hydrogen) atoms. The van der Waals surface area contributed by atoms with Crippen LogP contribution in [0.1, 0.15) is 64.2 Å². The average molecular weight is 264 g/mol. The Morgan fingerprint density at radius 1 is 0.895 bits per heavy atom. The van der Waals surface area contributed by atoms with Crippen LogP contribution in [-0.2, 0) is 0 Å². The summed E-state index contributed by atoms with van der Waals surface area (Å²) in [4.78, 5) is 2.60. The quantitative estimate of drug-likeness (QED) is 0.791. The molecule has 1 N–H and O–H groups in total. The highest BCUT2D eigenvalue weighted by molar-refractivity contribution is 4.88. The maximum Gasteiger partial charge on any atom is 0.0107 e. The lowest BCUT2D eigenvalue weighted by molar-refractivity contribution is 0.223. The highest BCUT2D eigenvalue weighted by atomic mass is 15.1. The van der Waals surface area contributed by atoms with Gasteiger partial charge in [-0.2, -0.15) is 0 Å². The molecule has 0 aromatic rings. The summed E-state index contributed by atoms with van der Waals surface area (Å²) in [5, 5.41) is 3.85. The van der Waals surface area contributed by atoms with Gasteiger partial charge in [-0.05, 0) is 57.4 Å². The monoisotopic (exact) mass is 264 g/mol. The van der Waals surface area contributed by atoms with Gasteiger partial charge < -0.3 is 10.2 Å². The molecule has 3 rings (SSSR count). The Bertz CT molecular complexity index is 268. The lowest BCUT2D eigenvalue weighted by Crippen LogP contribution is -2.41. The van der Waals surface area contributed by atoms with Crippen LogP contribution >= 0.6 is 0 Å². The summed E-state index contributed by atoms with van der Waals surface area (Å²) in [6.07, 6.45) is 14.7. The normalized spacial score (nSPS) is 33.2. The van der Waals surface area contributed by atoms with Crippen LogP contribution in [-0.4, -0.2) is 37.1 Å². The Morgan fingerprint density at radius 2 is 1.68 bits per heavy atom. The van der Waals surface area contributed by atoms with E-state index >= 15 is 0 Å². The van der Waals surface area contributed by atoms with Gasteiger partial charge in [0.05, 0.1) is 0 Å². The van der Waals surface area contributed by atoms with Crippen molar-refractivity contribution in [1.29, 1.82) is 0 Å². The van der Waals surface area contributed by atoms with E-state index in [1.54, 1.807) is 0 Å². The van der Waals surface area contributed by atoms with E-state index in [0.717, 1.165) is 23.9 Å². The summed E-state index contributed by atoms with van der Waals surface area (Å²) < 4.78 is 0. The number of nitrogens with zero attached hydrogens (tertiary/aromatic N) is 1. The smallest absolute Gasteiger partial charge is 0.0107 e. The Labute approximate surface area is 119 Å². The molecule has 110 valence electrons. The fourth-order valence-electron chi connectivity index (χ4n) is 4.38. The minimum Gasteiger partial charge on any atom is -0.313 e. The van der Waals surface area contributed by atoms with Gasteiger partial charge in [0.2, 0.25) is 0 Å². The van der Waals surface area contributed by atoms with Crippen molar-refractivity contribution < 1.29 is 0 Å². The van der Waals surface area contributed by atoms with Crippen molar-refractivity contribution in [2.24, 2.45) is 11.8 Å². The average Bonchev–Trinajstić information content (AvgIpc) is 3.14. The van der Waals surface area contributed by atoms with Gasteiger partial charge in [0.25, 0.3) is 0 Å². The molecule has 0 bridgehead atoms. The zero-order valence-corrected chi connectivity index (χ0v) is 12.7. The van der Waals surface area contributed by atoms with E-state index in [9.17, 15) is 0 Å². The van der Waals surface area contributed by atoms with E-state index in [4.69, 9.17) is 0 Å². The highest BCUT2D eigenvalue weighted by Crippen LogP contribution is 2.43. The second-order valence-electron chi connectivity index (χ2n) is 7.33. The van der Waals surface area contributed by atoms with E-state index in [1.807, 2.05) is 0 Å². The van der Waals surface area contributed by atoms with Gasteiger partial charge in [0, 0.05) is 25.2 Å². The van der Waals surface area contributed by atoms with Crippen molar-refractivity contribution >= 4 is 0 Å². The van der Waals surface area contributed by atoms with E-state index in [-0.39, 0.29) is 0 Å². The number of likely N-dealkylation sites (N-methyl/N-ethyl adjacent to an activating group) is 1. The predicted molar refractivity (Wildman–Crippen MR) is 81.4 cm³/mol. The summed E-state index contributed by atoms with van der Waals surface area (Å²) in [5.41, 5.74) is 0. The molecule has 0 saturated heterocycles. The second-order valence-corrected chi connectivity index (χ2v) is 7.33. The highest BCUT2D eigenvalue weighted by Gasteiger charge is 2.34. The zero-order valence-electron chi connectivity index (χ0n) is 12.7. The van der Waals surface area contributed by atoms with E-state index in [0.29, 0.717) is 0 Å². The standard InChI is InChI=1S/C17H32N2/c1-19(17-7-2-3-8-17)12-11-18-16-6-4-5-15(13-16)14-9-10-14/h14-18H,2-13H2,1H3. The summed E-state index contributed by atoms with van der Waals surface area (Å²) in [6, 6.07) is 1.71. The molecule has 0 aromatic carbocycles. The summed E-state index contributed by atoms with van der Waals surface area (Å²) >= 11 is 0. The van der Waals surface area contributed by atoms with Gasteiger partial charge in [-0.15, -0.1) is 0 Å². The van der Waals surface area contributed by atoms with Gasteiger partial charge in [-0.1, -0.05) is 25.7 Å². The maximum atomic E-state index is 3.85. The minimum absolute atomic E-state index is 0.830. The van der Waals surface area contributed by atoms with Crippen LogP contribution in [0.5, 0.6) is 0 Å². The maximum absolute atomic E-state index is 3.85. The fourth-order valence-corrected chi connectivity index (χ4v) is 4.38. The van der Waals surface area contributed by atoms with Crippen molar-refractivity contribution in [3.05, 3.63) is 0 Å². The van der Waals surface area contributed by atoms with Crippen LogP contribution < -0.4 is 5.32 Å². The topological polar surface area (TPSA) is 15.3 Å². The first-order valence-electron chi connectivity index (χ1n) is 8.76. The summed E-state index contributed by atoms with van der Waals surface area (Å²) in [6.45, 7) is 2.45. The molecule has 0 heterocycles. The molecule has 0 amide bonds. The van der Waals surface area contributed by atoms with Crippen LogP contribution in [0.2, 0.25) is 0 Å². The van der Waals surface area contributed by atoms with Crippen LogP contribution in [0.4, 0.5) is 0 Å². The molecule has 2 nitrogen and oxygen atoms in total. The molecule has 0 spiro atoms. The molecular weight excluding hydrogens is 232 g/mol. The lowest BCUT2D eigenvalue weighted by atomic mass is 9.83. The molecule has 0 radical (unpaired) electrons. The first-order valence-corrected chi connectivity index (χ1v) is 8.76. The van der Waals surface area contributed by atoms with Crippen molar-refractivity contribution in [3.63, 3.8) is 0 Å². The van der Waals surface area contributed by atoms with Gasteiger partial charge in [0.15, 0.2) is 0 Å². The summed E-state index contributed by atoms with van der Waals surface area (Å²) in [7, 11) is 2.32. The predicted octanol–water partition coefficient (Wildman–Crippen LogP) is 3.42. The van der Waals surface area contributed by atoms with Crippen molar-refractivity contribution in [2.75, 3.05) is 20.1 Å². The van der Waals surface area contributed by atoms with Crippen molar-refractivity contribution in [2.45, 2.75) is 76.3 Å². The van der Waals surface area contributed by atoms with Crippen LogP contribution in [0, 0.1) is 11.8 Å². The second kappa shape index (κ2) is 6.58. The minimum atomic E-state index is 0.830. The molecule has 3 fully saturated rings. The van der Waals surface area contributed by atoms with E-state index in [2.05, 4.69) is 17.3 Å². The third-order valence-electron chi connectivity index (χ3n) is 5.85. The number of rotatable bonds is 6. The van der Waals surface area contributed by atoms with Crippen LogP contribution in [0.3, 0.4) is 0 Å². The Hall–Kier alpha value is -0.0800.